The number of hydrogen-bond donors (Lipinski definition) is 1. The molecule has 0 rings (SSSR count). The van der Waals surface area contributed by atoms with E-state index >= 15 is 0 Å². The summed E-state index contributed by atoms with van der Waals surface area (Å²) in [6.07, 6.45) is 2.70. The molecule has 0 aromatic carbocycles. The Labute approximate surface area is 63.1 Å². The van der Waals surface area contributed by atoms with Gasteiger partial charge in [0.05, 0.1) is 12.9 Å². The quantitative estimate of drug-likeness (QED) is 0.607. The molecule has 60 valence electrons. The molecule has 1 atom stereocenters. The summed E-state index contributed by atoms with van der Waals surface area (Å²) in [4.78, 5) is 0. The van der Waals surface area contributed by atoms with Crippen LogP contribution < -0.4 is 5.73 Å². The highest BCUT2D eigenvalue weighted by molar-refractivity contribution is 4.95. The molecular formula is C8H17NO. The molecular weight excluding hydrogens is 126 g/mol. The molecule has 2 nitrogen and oxygen atoms in total. The van der Waals surface area contributed by atoms with E-state index in [0.29, 0.717) is 0 Å². The maximum Gasteiger partial charge on any atom is 0.0845 e. The van der Waals surface area contributed by atoms with Crippen molar-refractivity contribution in [1.29, 1.82) is 0 Å². The van der Waals surface area contributed by atoms with Crippen LogP contribution in [0.2, 0.25) is 0 Å². The van der Waals surface area contributed by atoms with Gasteiger partial charge in [0.25, 0.3) is 0 Å². The van der Waals surface area contributed by atoms with Crippen LogP contribution in [0, 0.1) is 0 Å². The summed E-state index contributed by atoms with van der Waals surface area (Å²) >= 11 is 0. The molecule has 0 heterocycles. The minimum Gasteiger partial charge on any atom is -0.502 e. The first-order valence-electron chi connectivity index (χ1n) is 3.69. The Balaban J connectivity index is 3.49. The second-order valence-corrected chi connectivity index (χ2v) is 2.60. The minimum absolute atomic E-state index is 0.233. The van der Waals surface area contributed by atoms with E-state index < -0.39 is 0 Å². The summed E-state index contributed by atoms with van der Waals surface area (Å²) in [7, 11) is 0. The molecule has 0 bridgehead atoms. The average molecular weight is 143 g/mol. The lowest BCUT2D eigenvalue weighted by atomic mass is 10.1. The summed E-state index contributed by atoms with van der Waals surface area (Å²) in [6, 6.07) is 0.233. The van der Waals surface area contributed by atoms with Crippen LogP contribution >= 0.6 is 0 Å². The van der Waals surface area contributed by atoms with Gasteiger partial charge in [-0.1, -0.05) is 0 Å². The molecule has 0 amide bonds. The van der Waals surface area contributed by atoms with Gasteiger partial charge < -0.3 is 10.5 Å². The number of hydrogen-bond acceptors (Lipinski definition) is 2. The predicted octanol–water partition coefficient (Wildman–Crippen LogP) is 1.66. The van der Waals surface area contributed by atoms with Gasteiger partial charge in [0.2, 0.25) is 0 Å². The molecule has 1 unspecified atom stereocenters. The van der Waals surface area contributed by atoms with E-state index in [4.69, 9.17) is 10.5 Å². The molecule has 0 aliphatic heterocycles. The molecule has 10 heavy (non-hydrogen) atoms. The van der Waals surface area contributed by atoms with Gasteiger partial charge in [0, 0.05) is 6.04 Å². The van der Waals surface area contributed by atoms with E-state index in [9.17, 15) is 0 Å². The average Bonchev–Trinajstić information content (AvgIpc) is 1.82. The molecule has 0 radical (unpaired) electrons. The maximum atomic E-state index is 5.57. The summed E-state index contributed by atoms with van der Waals surface area (Å²) in [5.74, 6) is 0. The first-order valence-corrected chi connectivity index (χ1v) is 3.69. The van der Waals surface area contributed by atoms with E-state index in [1.54, 1.807) is 6.26 Å². The van der Waals surface area contributed by atoms with Gasteiger partial charge in [-0.25, -0.2) is 0 Å². The third kappa shape index (κ3) is 5.63. The third-order valence-corrected chi connectivity index (χ3v) is 1.10. The molecule has 0 aromatic rings. The van der Waals surface area contributed by atoms with Gasteiger partial charge in [-0.3, -0.25) is 0 Å². The minimum atomic E-state index is 0.233. The smallest absolute Gasteiger partial charge is 0.0845 e. The van der Waals surface area contributed by atoms with E-state index in [2.05, 4.69) is 0 Å². The second kappa shape index (κ2) is 5.30. The van der Waals surface area contributed by atoms with E-state index in [0.717, 1.165) is 13.0 Å². The highest BCUT2D eigenvalue weighted by Gasteiger charge is 1.94. The lowest BCUT2D eigenvalue weighted by Crippen LogP contribution is -2.14. The van der Waals surface area contributed by atoms with Crippen LogP contribution in [0.5, 0.6) is 0 Å². The molecule has 2 heteroatoms. The van der Waals surface area contributed by atoms with Crippen molar-refractivity contribution < 1.29 is 4.74 Å². The number of rotatable bonds is 4. The van der Waals surface area contributed by atoms with Crippen LogP contribution in [0.15, 0.2) is 11.8 Å². The zero-order valence-corrected chi connectivity index (χ0v) is 7.05. The molecule has 0 aromatic heterocycles. The summed E-state index contributed by atoms with van der Waals surface area (Å²) in [6.45, 7) is 6.72. The number of nitrogens with two attached hydrogens (primary N) is 1. The van der Waals surface area contributed by atoms with Crippen LogP contribution in [0.1, 0.15) is 27.2 Å². The molecule has 0 fully saturated rings. The molecule has 2 N–H and O–H groups in total. The zero-order chi connectivity index (χ0) is 7.98. The van der Waals surface area contributed by atoms with Gasteiger partial charge in [0.15, 0.2) is 0 Å². The van der Waals surface area contributed by atoms with Crippen molar-refractivity contribution in [3.05, 3.63) is 11.8 Å². The molecule has 0 saturated heterocycles. The van der Waals surface area contributed by atoms with Gasteiger partial charge in [0.1, 0.15) is 0 Å². The Hall–Kier alpha value is -0.500. The van der Waals surface area contributed by atoms with E-state index in [1.165, 1.54) is 5.57 Å². The highest BCUT2D eigenvalue weighted by atomic mass is 16.5. The van der Waals surface area contributed by atoms with Crippen molar-refractivity contribution in [3.63, 3.8) is 0 Å². The normalized spacial score (nSPS) is 15.0. The third-order valence-electron chi connectivity index (χ3n) is 1.10. The van der Waals surface area contributed by atoms with Gasteiger partial charge in [-0.15, -0.1) is 0 Å². The van der Waals surface area contributed by atoms with Crippen molar-refractivity contribution >= 4 is 0 Å². The van der Waals surface area contributed by atoms with Gasteiger partial charge in [-0.05, 0) is 32.8 Å². The zero-order valence-electron chi connectivity index (χ0n) is 7.05. The van der Waals surface area contributed by atoms with E-state index in [-0.39, 0.29) is 6.04 Å². The standard InChI is InChI=1S/C8H17NO/c1-4-10-6-7(2)5-8(3)9/h6,8H,4-5,9H2,1-3H3/b7-6+. The largest absolute Gasteiger partial charge is 0.502 e. The van der Waals surface area contributed by atoms with E-state index in [1.807, 2.05) is 20.8 Å². The predicted molar refractivity (Wildman–Crippen MR) is 43.6 cm³/mol. The fraction of sp³-hybridized carbons (Fsp3) is 0.750. The van der Waals surface area contributed by atoms with Gasteiger partial charge in [-0.2, -0.15) is 0 Å². The second-order valence-electron chi connectivity index (χ2n) is 2.60. The van der Waals surface area contributed by atoms with Crippen LogP contribution in [-0.2, 0) is 4.74 Å². The van der Waals surface area contributed by atoms with Crippen molar-refractivity contribution in [2.45, 2.75) is 33.2 Å². The Kier molecular flexibility index (Phi) is 5.03. The van der Waals surface area contributed by atoms with Crippen molar-refractivity contribution in [2.75, 3.05) is 6.61 Å². The molecule has 0 aliphatic carbocycles. The lowest BCUT2D eigenvalue weighted by molar-refractivity contribution is 0.265. The Morgan fingerprint density at radius 2 is 2.30 bits per heavy atom. The Bertz CT molecular complexity index is 108. The van der Waals surface area contributed by atoms with Crippen molar-refractivity contribution in [3.8, 4) is 0 Å². The van der Waals surface area contributed by atoms with Crippen LogP contribution in [-0.4, -0.2) is 12.6 Å². The van der Waals surface area contributed by atoms with Crippen molar-refractivity contribution in [2.24, 2.45) is 5.73 Å². The first-order chi connectivity index (χ1) is 4.66. The fourth-order valence-corrected chi connectivity index (χ4v) is 0.782. The number of ether oxygens (including phenoxy) is 1. The Morgan fingerprint density at radius 3 is 2.70 bits per heavy atom. The molecule has 0 spiro atoms. The van der Waals surface area contributed by atoms with Crippen LogP contribution in [0.4, 0.5) is 0 Å². The van der Waals surface area contributed by atoms with Crippen LogP contribution in [0.25, 0.3) is 0 Å². The van der Waals surface area contributed by atoms with Crippen LogP contribution in [0.3, 0.4) is 0 Å². The lowest BCUT2D eigenvalue weighted by Gasteiger charge is -2.04. The fourth-order valence-electron chi connectivity index (χ4n) is 0.782. The highest BCUT2D eigenvalue weighted by Crippen LogP contribution is 2.01. The molecule has 0 aliphatic rings. The maximum absolute atomic E-state index is 5.57. The summed E-state index contributed by atoms with van der Waals surface area (Å²) < 4.78 is 5.08. The van der Waals surface area contributed by atoms with Crippen molar-refractivity contribution in [1.82, 2.24) is 0 Å². The Morgan fingerprint density at radius 1 is 1.70 bits per heavy atom. The summed E-state index contributed by atoms with van der Waals surface area (Å²) in [5, 5.41) is 0. The first kappa shape index (κ1) is 9.50. The monoisotopic (exact) mass is 143 g/mol. The van der Waals surface area contributed by atoms with Gasteiger partial charge >= 0.3 is 0 Å². The topological polar surface area (TPSA) is 35.2 Å². The molecule has 0 saturated carbocycles. The SMILES string of the molecule is CCO/C=C(\C)CC(C)N. The summed E-state index contributed by atoms with van der Waals surface area (Å²) in [5.41, 5.74) is 6.77.